The van der Waals surface area contributed by atoms with Gasteiger partial charge in [-0.3, -0.25) is 9.69 Å². The summed E-state index contributed by atoms with van der Waals surface area (Å²) in [4.78, 5) is 14.1. The quantitative estimate of drug-likeness (QED) is 0.729. The summed E-state index contributed by atoms with van der Waals surface area (Å²) in [5.74, 6) is 0.637. The van der Waals surface area contributed by atoms with Crippen molar-refractivity contribution in [3.05, 3.63) is 0 Å². The minimum Gasteiger partial charge on any atom is -0.395 e. The lowest BCUT2D eigenvalue weighted by molar-refractivity contribution is -0.123. The molecule has 0 bridgehead atoms. The smallest absolute Gasteiger partial charge is 0.137 e. The summed E-state index contributed by atoms with van der Waals surface area (Å²) in [6.07, 6.45) is 5.24. The summed E-state index contributed by atoms with van der Waals surface area (Å²) < 4.78 is 0. The first-order chi connectivity index (χ1) is 7.65. The van der Waals surface area contributed by atoms with Gasteiger partial charge in [0, 0.05) is 31.5 Å². The van der Waals surface area contributed by atoms with Crippen LogP contribution in [0.2, 0.25) is 0 Å². The highest BCUT2D eigenvalue weighted by molar-refractivity contribution is 5.81. The van der Waals surface area contributed by atoms with E-state index in [1.807, 2.05) is 0 Å². The van der Waals surface area contributed by atoms with Gasteiger partial charge in [0.2, 0.25) is 0 Å². The molecule has 1 rings (SSSR count). The molecular formula is C13H25NO2. The van der Waals surface area contributed by atoms with Crippen molar-refractivity contribution in [2.45, 2.75) is 52.0 Å². The Morgan fingerprint density at radius 3 is 2.75 bits per heavy atom. The van der Waals surface area contributed by atoms with Crippen LogP contribution in [0.25, 0.3) is 0 Å². The number of hydrogen-bond acceptors (Lipinski definition) is 3. The van der Waals surface area contributed by atoms with Crippen LogP contribution in [0.4, 0.5) is 0 Å². The van der Waals surface area contributed by atoms with E-state index in [2.05, 4.69) is 18.7 Å². The predicted molar refractivity (Wildman–Crippen MR) is 65.4 cm³/mol. The van der Waals surface area contributed by atoms with Gasteiger partial charge < -0.3 is 5.11 Å². The Morgan fingerprint density at radius 2 is 2.12 bits per heavy atom. The third-order valence-electron chi connectivity index (χ3n) is 3.50. The van der Waals surface area contributed by atoms with Gasteiger partial charge in [-0.1, -0.05) is 12.8 Å². The SMILES string of the molecule is CC(C)N(CCO)CC1CCCCCC1=O. The Hall–Kier alpha value is -0.410. The molecule has 1 N–H and O–H groups in total. The summed E-state index contributed by atoms with van der Waals surface area (Å²) in [5.41, 5.74) is 0. The van der Waals surface area contributed by atoms with Crippen molar-refractivity contribution >= 4 is 5.78 Å². The van der Waals surface area contributed by atoms with Crippen LogP contribution in [0.3, 0.4) is 0 Å². The van der Waals surface area contributed by atoms with E-state index in [0.717, 1.165) is 25.8 Å². The van der Waals surface area contributed by atoms with Gasteiger partial charge in [-0.2, -0.15) is 0 Å². The summed E-state index contributed by atoms with van der Waals surface area (Å²) >= 11 is 0. The lowest BCUT2D eigenvalue weighted by atomic mass is 9.98. The van der Waals surface area contributed by atoms with E-state index in [0.29, 0.717) is 18.4 Å². The molecule has 1 aliphatic rings. The van der Waals surface area contributed by atoms with Gasteiger partial charge in [-0.05, 0) is 26.7 Å². The van der Waals surface area contributed by atoms with Crippen LogP contribution in [0.1, 0.15) is 46.0 Å². The van der Waals surface area contributed by atoms with Crippen molar-refractivity contribution < 1.29 is 9.90 Å². The summed E-state index contributed by atoms with van der Waals surface area (Å²) in [6, 6.07) is 0.406. The molecule has 1 saturated carbocycles. The van der Waals surface area contributed by atoms with Crippen LogP contribution in [0.5, 0.6) is 0 Å². The number of Topliss-reactive ketones (excluding diaryl/α,β-unsaturated/α-hetero) is 1. The molecule has 0 saturated heterocycles. The maximum absolute atomic E-state index is 11.9. The average molecular weight is 227 g/mol. The molecule has 0 aromatic rings. The van der Waals surface area contributed by atoms with Crippen LogP contribution >= 0.6 is 0 Å². The fourth-order valence-corrected chi connectivity index (χ4v) is 2.40. The molecule has 1 atom stereocenters. The number of carbonyl (C=O) groups is 1. The molecule has 3 nitrogen and oxygen atoms in total. The maximum Gasteiger partial charge on any atom is 0.137 e. The molecule has 1 unspecified atom stereocenters. The van der Waals surface area contributed by atoms with Gasteiger partial charge in [-0.15, -0.1) is 0 Å². The molecule has 94 valence electrons. The first-order valence-electron chi connectivity index (χ1n) is 6.52. The second-order valence-electron chi connectivity index (χ2n) is 5.07. The van der Waals surface area contributed by atoms with Gasteiger partial charge in [0.05, 0.1) is 6.61 Å². The average Bonchev–Trinajstić information content (AvgIpc) is 2.43. The zero-order valence-electron chi connectivity index (χ0n) is 10.6. The third-order valence-corrected chi connectivity index (χ3v) is 3.50. The topological polar surface area (TPSA) is 40.5 Å². The van der Waals surface area contributed by atoms with Gasteiger partial charge in [0.15, 0.2) is 0 Å². The lowest BCUT2D eigenvalue weighted by Gasteiger charge is -2.29. The first kappa shape index (κ1) is 13.7. The fraction of sp³-hybridized carbons (Fsp3) is 0.923. The molecule has 1 fully saturated rings. The molecule has 0 amide bonds. The normalized spacial score (nSPS) is 22.8. The number of hydrogen-bond donors (Lipinski definition) is 1. The second kappa shape index (κ2) is 7.02. The van der Waals surface area contributed by atoms with Gasteiger partial charge in [-0.25, -0.2) is 0 Å². The van der Waals surface area contributed by atoms with Crippen molar-refractivity contribution in [3.8, 4) is 0 Å². The van der Waals surface area contributed by atoms with E-state index in [-0.39, 0.29) is 12.5 Å². The third kappa shape index (κ3) is 4.22. The Balaban J connectivity index is 2.50. The predicted octanol–water partition coefficient (Wildman–Crippen LogP) is 1.84. The molecule has 0 aliphatic heterocycles. The highest BCUT2D eigenvalue weighted by Crippen LogP contribution is 2.21. The van der Waals surface area contributed by atoms with E-state index in [1.165, 1.54) is 12.8 Å². The Labute approximate surface area is 98.8 Å². The number of ketones is 1. The van der Waals surface area contributed by atoms with Crippen molar-refractivity contribution in [3.63, 3.8) is 0 Å². The number of nitrogens with zero attached hydrogens (tertiary/aromatic N) is 1. The summed E-state index contributed by atoms with van der Waals surface area (Å²) in [6.45, 7) is 5.94. The molecule has 0 heterocycles. The fourth-order valence-electron chi connectivity index (χ4n) is 2.40. The number of aliphatic hydroxyl groups excluding tert-OH is 1. The Kier molecular flexibility index (Phi) is 5.99. The van der Waals surface area contributed by atoms with E-state index >= 15 is 0 Å². The van der Waals surface area contributed by atoms with E-state index < -0.39 is 0 Å². The minimum atomic E-state index is 0.180. The molecule has 0 radical (unpaired) electrons. The summed E-state index contributed by atoms with van der Waals surface area (Å²) in [5, 5.41) is 9.01. The molecule has 1 aliphatic carbocycles. The molecule has 0 spiro atoms. The maximum atomic E-state index is 11.9. The van der Waals surface area contributed by atoms with E-state index in [4.69, 9.17) is 5.11 Å². The largest absolute Gasteiger partial charge is 0.395 e. The number of rotatable bonds is 5. The molecule has 16 heavy (non-hydrogen) atoms. The zero-order chi connectivity index (χ0) is 12.0. The van der Waals surface area contributed by atoms with Crippen LogP contribution < -0.4 is 0 Å². The van der Waals surface area contributed by atoms with Crippen LogP contribution in [-0.4, -0.2) is 41.5 Å². The van der Waals surface area contributed by atoms with Gasteiger partial charge >= 0.3 is 0 Å². The second-order valence-corrected chi connectivity index (χ2v) is 5.07. The molecule has 0 aromatic heterocycles. The molecule has 3 heteroatoms. The number of aliphatic hydroxyl groups is 1. The van der Waals surface area contributed by atoms with Crippen LogP contribution in [0.15, 0.2) is 0 Å². The van der Waals surface area contributed by atoms with Crippen LogP contribution in [0, 0.1) is 5.92 Å². The van der Waals surface area contributed by atoms with Gasteiger partial charge in [0.1, 0.15) is 5.78 Å². The number of carbonyl (C=O) groups excluding carboxylic acids is 1. The van der Waals surface area contributed by atoms with E-state index in [9.17, 15) is 4.79 Å². The highest BCUT2D eigenvalue weighted by Gasteiger charge is 2.23. The highest BCUT2D eigenvalue weighted by atomic mass is 16.3. The van der Waals surface area contributed by atoms with Crippen molar-refractivity contribution in [1.29, 1.82) is 0 Å². The minimum absolute atomic E-state index is 0.180. The Bertz CT molecular complexity index is 216. The van der Waals surface area contributed by atoms with Gasteiger partial charge in [0.25, 0.3) is 0 Å². The Morgan fingerprint density at radius 1 is 1.38 bits per heavy atom. The van der Waals surface area contributed by atoms with Crippen LogP contribution in [-0.2, 0) is 4.79 Å². The molecular weight excluding hydrogens is 202 g/mol. The van der Waals surface area contributed by atoms with E-state index in [1.54, 1.807) is 0 Å². The first-order valence-corrected chi connectivity index (χ1v) is 6.52. The summed E-state index contributed by atoms with van der Waals surface area (Å²) in [7, 11) is 0. The van der Waals surface area contributed by atoms with Crippen molar-refractivity contribution in [2.24, 2.45) is 5.92 Å². The standard InChI is InChI=1S/C13H25NO2/c1-11(2)14(8-9-15)10-12-6-4-3-5-7-13(12)16/h11-12,15H,3-10H2,1-2H3. The monoisotopic (exact) mass is 227 g/mol. The van der Waals surface area contributed by atoms with Crippen molar-refractivity contribution in [1.82, 2.24) is 4.90 Å². The lowest BCUT2D eigenvalue weighted by Crippen LogP contribution is -2.39. The zero-order valence-corrected chi connectivity index (χ0v) is 10.6. The van der Waals surface area contributed by atoms with Crippen molar-refractivity contribution in [2.75, 3.05) is 19.7 Å². The molecule has 0 aromatic carbocycles.